The first-order valence-electron chi connectivity index (χ1n) is 7.43. The minimum atomic E-state index is -4.90. The molecule has 0 aliphatic carbocycles. The number of nitrogens with zero attached hydrogens (tertiary/aromatic N) is 1. The Kier molecular flexibility index (Phi) is 6.85. The van der Waals surface area contributed by atoms with Gasteiger partial charge in [-0.1, -0.05) is 17.3 Å². The number of hydrogen-bond donors (Lipinski definition) is 6. The Balaban J connectivity index is 2.33. The first-order valence-corrected chi connectivity index (χ1v) is 9.74. The maximum absolute atomic E-state index is 10.8. The normalized spacial score (nSPS) is 30.2. The molecule has 0 aromatic heterocycles. The van der Waals surface area contributed by atoms with Crippen LogP contribution < -0.4 is 0 Å². The van der Waals surface area contributed by atoms with Gasteiger partial charge in [0.2, 0.25) is 0 Å². The lowest BCUT2D eigenvalue weighted by molar-refractivity contribution is -0.0644. The van der Waals surface area contributed by atoms with E-state index >= 15 is 0 Å². The molecule has 0 radical (unpaired) electrons. The van der Waals surface area contributed by atoms with Crippen molar-refractivity contribution in [3.05, 3.63) is 29.8 Å². The van der Waals surface area contributed by atoms with Gasteiger partial charge in [0.15, 0.2) is 0 Å². The minimum Gasteiger partial charge on any atom is -0.508 e. The zero-order valence-electron chi connectivity index (χ0n) is 13.3. The molecular formula is C14H19NO9S2. The summed E-state index contributed by atoms with van der Waals surface area (Å²) in [5, 5.41) is 50.2. The van der Waals surface area contributed by atoms with Crippen LogP contribution in [-0.2, 0) is 21.1 Å². The molecule has 5 atom stereocenters. The predicted molar refractivity (Wildman–Crippen MR) is 92.2 cm³/mol. The molecule has 1 aliphatic rings. The summed E-state index contributed by atoms with van der Waals surface area (Å²) >= 11 is 0.886. The molecule has 1 fully saturated rings. The van der Waals surface area contributed by atoms with E-state index in [9.17, 15) is 34.0 Å². The summed E-state index contributed by atoms with van der Waals surface area (Å²) in [4.78, 5) is 0. The van der Waals surface area contributed by atoms with E-state index < -0.39 is 45.8 Å². The molecule has 0 saturated carbocycles. The molecule has 6 N–H and O–H groups in total. The fourth-order valence-corrected chi connectivity index (χ4v) is 4.06. The van der Waals surface area contributed by atoms with Crippen molar-refractivity contribution in [1.29, 1.82) is 0 Å². The SMILES string of the molecule is O=S(=O)(O)ON=C(Cc1ccc(O)cc1)[C@@H]1S[C@H](CO)[C@@H](O)[C@H](O)[C@H]1O. The van der Waals surface area contributed by atoms with Crippen LogP contribution in [0.4, 0.5) is 0 Å². The second-order valence-corrected chi connectivity index (χ2v) is 8.07. The molecule has 0 unspecified atom stereocenters. The second-order valence-electron chi connectivity index (χ2n) is 5.68. The highest BCUT2D eigenvalue weighted by Crippen LogP contribution is 2.34. The van der Waals surface area contributed by atoms with Crippen molar-refractivity contribution in [3.8, 4) is 5.75 Å². The fourth-order valence-electron chi connectivity index (χ4n) is 2.48. The van der Waals surface area contributed by atoms with Crippen LogP contribution >= 0.6 is 11.8 Å². The van der Waals surface area contributed by atoms with Crippen LogP contribution in [0.1, 0.15) is 5.56 Å². The van der Waals surface area contributed by atoms with Gasteiger partial charge >= 0.3 is 10.4 Å². The number of thioether (sulfide) groups is 1. The van der Waals surface area contributed by atoms with Crippen molar-refractivity contribution in [2.75, 3.05) is 6.61 Å². The summed E-state index contributed by atoms with van der Waals surface area (Å²) < 4.78 is 34.4. The Morgan fingerprint density at radius 1 is 1.12 bits per heavy atom. The van der Waals surface area contributed by atoms with Crippen LogP contribution in [-0.4, -0.2) is 79.6 Å². The summed E-state index contributed by atoms with van der Waals surface area (Å²) in [5.41, 5.74) is 0.504. The molecule has 0 spiro atoms. The second kappa shape index (κ2) is 8.52. The number of hydrogen-bond acceptors (Lipinski definition) is 10. The van der Waals surface area contributed by atoms with Crippen molar-refractivity contribution in [2.45, 2.75) is 35.2 Å². The molecule has 146 valence electrons. The lowest BCUT2D eigenvalue weighted by Gasteiger charge is -2.39. The van der Waals surface area contributed by atoms with E-state index in [0.717, 1.165) is 11.8 Å². The van der Waals surface area contributed by atoms with Gasteiger partial charge in [-0.3, -0.25) is 4.55 Å². The van der Waals surface area contributed by atoms with Crippen LogP contribution in [0.3, 0.4) is 0 Å². The molecule has 26 heavy (non-hydrogen) atoms. The summed E-state index contributed by atoms with van der Waals surface area (Å²) in [5.74, 6) is 0.00684. The average Bonchev–Trinajstić information content (AvgIpc) is 2.58. The van der Waals surface area contributed by atoms with Crippen LogP contribution in [0.25, 0.3) is 0 Å². The number of benzene rings is 1. The number of phenols is 1. The third-order valence-electron chi connectivity index (χ3n) is 3.79. The lowest BCUT2D eigenvalue weighted by Crippen LogP contribution is -2.56. The molecule has 0 bridgehead atoms. The van der Waals surface area contributed by atoms with E-state index in [0.29, 0.717) is 5.56 Å². The topological polar surface area (TPSA) is 177 Å². The van der Waals surface area contributed by atoms with Gasteiger partial charge in [0.05, 0.1) is 35.0 Å². The molecule has 1 aromatic rings. The first kappa shape index (κ1) is 20.9. The molecular weight excluding hydrogens is 390 g/mol. The van der Waals surface area contributed by atoms with Gasteiger partial charge in [-0.25, -0.2) is 4.28 Å². The zero-order chi connectivity index (χ0) is 19.5. The van der Waals surface area contributed by atoms with E-state index in [-0.39, 0.29) is 17.9 Å². The van der Waals surface area contributed by atoms with Gasteiger partial charge in [-0.2, -0.15) is 8.42 Å². The van der Waals surface area contributed by atoms with Crippen LogP contribution in [0, 0.1) is 0 Å². The van der Waals surface area contributed by atoms with Crippen molar-refractivity contribution in [1.82, 2.24) is 0 Å². The van der Waals surface area contributed by atoms with Crippen molar-refractivity contribution < 1.29 is 42.8 Å². The zero-order valence-corrected chi connectivity index (χ0v) is 14.9. The van der Waals surface area contributed by atoms with Gasteiger partial charge in [-0.15, -0.1) is 11.8 Å². The van der Waals surface area contributed by atoms with Crippen LogP contribution in [0.15, 0.2) is 29.4 Å². The number of aromatic hydroxyl groups is 1. The highest BCUT2D eigenvalue weighted by atomic mass is 32.3. The highest BCUT2D eigenvalue weighted by Gasteiger charge is 2.45. The molecule has 12 heteroatoms. The maximum atomic E-state index is 10.8. The van der Waals surface area contributed by atoms with Crippen LogP contribution in [0.5, 0.6) is 5.75 Å². The third kappa shape index (κ3) is 5.30. The fraction of sp³-hybridized carbons (Fsp3) is 0.500. The summed E-state index contributed by atoms with van der Waals surface area (Å²) in [7, 11) is -4.90. The maximum Gasteiger partial charge on any atom is 0.466 e. The van der Waals surface area contributed by atoms with Crippen molar-refractivity contribution in [3.63, 3.8) is 0 Å². The van der Waals surface area contributed by atoms with Gasteiger partial charge in [-0.05, 0) is 17.7 Å². The molecule has 0 amide bonds. The Labute approximate surface area is 153 Å². The van der Waals surface area contributed by atoms with E-state index in [1.807, 2.05) is 0 Å². The van der Waals surface area contributed by atoms with Gasteiger partial charge in [0.1, 0.15) is 11.9 Å². The summed E-state index contributed by atoms with van der Waals surface area (Å²) in [6.45, 7) is -0.502. The van der Waals surface area contributed by atoms with Gasteiger partial charge < -0.3 is 25.5 Å². The number of aliphatic hydroxyl groups excluding tert-OH is 4. The first-order chi connectivity index (χ1) is 12.1. The average molecular weight is 409 g/mol. The van der Waals surface area contributed by atoms with Crippen LogP contribution in [0.2, 0.25) is 0 Å². The lowest BCUT2D eigenvalue weighted by atomic mass is 9.96. The van der Waals surface area contributed by atoms with E-state index in [1.54, 1.807) is 0 Å². The number of oxime groups is 1. The van der Waals surface area contributed by atoms with Crippen molar-refractivity contribution in [2.24, 2.45) is 5.16 Å². The number of phenolic OH excluding ortho intramolecular Hbond substituents is 1. The quantitative estimate of drug-likeness (QED) is 0.187. The smallest absolute Gasteiger partial charge is 0.466 e. The van der Waals surface area contributed by atoms with E-state index in [1.165, 1.54) is 24.3 Å². The Bertz CT molecular complexity index is 735. The Morgan fingerprint density at radius 2 is 1.73 bits per heavy atom. The van der Waals surface area contributed by atoms with Crippen molar-refractivity contribution >= 4 is 27.9 Å². The monoisotopic (exact) mass is 409 g/mol. The number of aliphatic hydroxyl groups is 4. The summed E-state index contributed by atoms with van der Waals surface area (Å²) in [6, 6.07) is 5.81. The molecule has 1 aromatic carbocycles. The van der Waals surface area contributed by atoms with E-state index in [2.05, 4.69) is 9.44 Å². The Hall–Kier alpha value is -1.41. The molecule has 10 nitrogen and oxygen atoms in total. The predicted octanol–water partition coefficient (Wildman–Crippen LogP) is -1.33. The largest absolute Gasteiger partial charge is 0.508 e. The number of rotatable bonds is 6. The van der Waals surface area contributed by atoms with E-state index in [4.69, 9.17) is 4.55 Å². The van der Waals surface area contributed by atoms with Gasteiger partial charge in [0.25, 0.3) is 0 Å². The molecule has 1 saturated heterocycles. The molecule has 1 heterocycles. The minimum absolute atomic E-state index is 0.00684. The van der Waals surface area contributed by atoms with Gasteiger partial charge in [0, 0.05) is 6.42 Å². The highest BCUT2D eigenvalue weighted by molar-refractivity contribution is 8.01. The third-order valence-corrected chi connectivity index (χ3v) is 5.68. The standard InChI is InChI=1S/C14H19NO9S2/c16-6-10-11(18)12(19)13(20)14(25-10)9(15-24-26(21,22)23)5-7-1-3-8(17)4-2-7/h1-4,10-14,16-20H,5-6H2,(H,21,22,23)/t10-,11-,12+,13-,14+/m1/s1. The molecule has 1 aliphatic heterocycles. The summed E-state index contributed by atoms with van der Waals surface area (Å²) in [6.07, 6.45) is -4.58. The Morgan fingerprint density at radius 3 is 2.27 bits per heavy atom. The molecule has 2 rings (SSSR count).